The van der Waals surface area contributed by atoms with E-state index in [1.54, 1.807) is 24.0 Å². The van der Waals surface area contributed by atoms with Gasteiger partial charge in [0.15, 0.2) is 0 Å². The Balaban J connectivity index is 2.05. The second-order valence-corrected chi connectivity index (χ2v) is 4.72. The van der Waals surface area contributed by atoms with Gasteiger partial charge in [0.1, 0.15) is 0 Å². The zero-order chi connectivity index (χ0) is 14.5. The van der Waals surface area contributed by atoms with E-state index >= 15 is 0 Å². The summed E-state index contributed by atoms with van der Waals surface area (Å²) in [6.45, 7) is 4.23. The number of carboxylic acids is 1. The number of hydrogen-bond acceptors (Lipinski definition) is 3. The molecule has 2 N–H and O–H groups in total. The number of amides is 2. The van der Waals surface area contributed by atoms with Crippen LogP contribution < -0.4 is 5.32 Å². The minimum atomic E-state index is -0.976. The molecule has 1 aliphatic rings. The van der Waals surface area contributed by atoms with E-state index in [9.17, 15) is 9.59 Å². The molecule has 1 aliphatic heterocycles. The highest BCUT2D eigenvalue weighted by molar-refractivity contribution is 5.92. The van der Waals surface area contributed by atoms with Gasteiger partial charge in [-0.15, -0.1) is 0 Å². The molecule has 0 spiro atoms. The van der Waals surface area contributed by atoms with Crippen molar-refractivity contribution in [3.8, 4) is 0 Å². The first-order valence-electron chi connectivity index (χ1n) is 6.55. The maximum absolute atomic E-state index is 12.1. The summed E-state index contributed by atoms with van der Waals surface area (Å²) in [6.07, 6.45) is 0.824. The van der Waals surface area contributed by atoms with Crippen LogP contribution in [0.1, 0.15) is 22.3 Å². The molecule has 1 fully saturated rings. The second-order valence-electron chi connectivity index (χ2n) is 4.72. The first-order chi connectivity index (χ1) is 9.58. The molecule has 108 valence electrons. The lowest BCUT2D eigenvalue weighted by molar-refractivity contribution is 0.0697. The summed E-state index contributed by atoms with van der Waals surface area (Å²) in [7, 11) is 0. The van der Waals surface area contributed by atoms with Crippen LogP contribution in [0, 0.1) is 6.92 Å². The Bertz CT molecular complexity index is 508. The third-order valence-corrected chi connectivity index (χ3v) is 3.22. The monoisotopic (exact) mass is 278 g/mol. The zero-order valence-corrected chi connectivity index (χ0v) is 11.4. The Labute approximate surface area is 117 Å². The highest BCUT2D eigenvalue weighted by Crippen LogP contribution is 2.17. The molecule has 6 heteroatoms. The van der Waals surface area contributed by atoms with Gasteiger partial charge < -0.3 is 20.1 Å². The molecule has 6 nitrogen and oxygen atoms in total. The third kappa shape index (κ3) is 3.48. The van der Waals surface area contributed by atoms with Crippen molar-refractivity contribution in [1.29, 1.82) is 0 Å². The van der Waals surface area contributed by atoms with E-state index in [1.165, 1.54) is 6.07 Å². The van der Waals surface area contributed by atoms with Crippen LogP contribution in [0.4, 0.5) is 10.5 Å². The first kappa shape index (κ1) is 14.3. The molecule has 0 saturated carbocycles. The average molecular weight is 278 g/mol. The standard InChI is InChI=1S/C14H18N2O4/c1-10-9-11(13(17)18)3-4-12(10)15-14(19)16-5-2-7-20-8-6-16/h3-4,9H,2,5-8H2,1H3,(H,15,19)(H,17,18). The van der Waals surface area contributed by atoms with Gasteiger partial charge in [-0.3, -0.25) is 0 Å². The molecular weight excluding hydrogens is 260 g/mol. The summed E-state index contributed by atoms with van der Waals surface area (Å²) >= 11 is 0. The number of aromatic carboxylic acids is 1. The first-order valence-corrected chi connectivity index (χ1v) is 6.55. The van der Waals surface area contributed by atoms with E-state index in [4.69, 9.17) is 9.84 Å². The van der Waals surface area contributed by atoms with Crippen molar-refractivity contribution in [3.05, 3.63) is 29.3 Å². The van der Waals surface area contributed by atoms with Crippen molar-refractivity contribution < 1.29 is 19.4 Å². The van der Waals surface area contributed by atoms with Gasteiger partial charge in [-0.1, -0.05) is 0 Å². The fourth-order valence-electron chi connectivity index (χ4n) is 2.08. The smallest absolute Gasteiger partial charge is 0.335 e. The quantitative estimate of drug-likeness (QED) is 0.866. The zero-order valence-electron chi connectivity index (χ0n) is 11.4. The van der Waals surface area contributed by atoms with Gasteiger partial charge in [0.05, 0.1) is 12.2 Å². The minimum absolute atomic E-state index is 0.179. The summed E-state index contributed by atoms with van der Waals surface area (Å²) in [5, 5.41) is 11.7. The lowest BCUT2D eigenvalue weighted by Crippen LogP contribution is -2.36. The second kappa shape index (κ2) is 6.38. The molecule has 1 heterocycles. The highest BCUT2D eigenvalue weighted by atomic mass is 16.5. The number of rotatable bonds is 2. The maximum Gasteiger partial charge on any atom is 0.335 e. The fourth-order valence-corrected chi connectivity index (χ4v) is 2.08. The summed E-state index contributed by atoms with van der Waals surface area (Å²) in [5.74, 6) is -0.976. The van der Waals surface area contributed by atoms with Crippen molar-refractivity contribution in [2.45, 2.75) is 13.3 Å². The fraction of sp³-hybridized carbons (Fsp3) is 0.429. The van der Waals surface area contributed by atoms with Crippen LogP contribution in [0.5, 0.6) is 0 Å². The number of urea groups is 1. The molecule has 0 bridgehead atoms. The van der Waals surface area contributed by atoms with Crippen LogP contribution in [0.3, 0.4) is 0 Å². The van der Waals surface area contributed by atoms with Gasteiger partial charge in [-0.25, -0.2) is 9.59 Å². The maximum atomic E-state index is 12.1. The molecule has 20 heavy (non-hydrogen) atoms. The molecule has 0 aliphatic carbocycles. The predicted molar refractivity (Wildman–Crippen MR) is 74.2 cm³/mol. The highest BCUT2D eigenvalue weighted by Gasteiger charge is 2.16. The molecule has 1 saturated heterocycles. The van der Waals surface area contributed by atoms with Crippen LogP contribution in [-0.2, 0) is 4.74 Å². The minimum Gasteiger partial charge on any atom is -0.478 e. The van der Waals surface area contributed by atoms with E-state index < -0.39 is 5.97 Å². The topological polar surface area (TPSA) is 78.9 Å². The molecule has 1 aromatic carbocycles. The van der Waals surface area contributed by atoms with Crippen LogP contribution in [0.15, 0.2) is 18.2 Å². The number of nitrogens with zero attached hydrogens (tertiary/aromatic N) is 1. The Morgan fingerprint density at radius 2 is 2.10 bits per heavy atom. The Kier molecular flexibility index (Phi) is 4.57. The Morgan fingerprint density at radius 1 is 1.30 bits per heavy atom. The number of aryl methyl sites for hydroxylation is 1. The van der Waals surface area contributed by atoms with Gasteiger partial charge in [-0.05, 0) is 37.1 Å². The van der Waals surface area contributed by atoms with E-state index in [0.29, 0.717) is 32.0 Å². The van der Waals surface area contributed by atoms with Crippen LogP contribution in [0.2, 0.25) is 0 Å². The van der Waals surface area contributed by atoms with E-state index in [0.717, 1.165) is 12.0 Å². The van der Waals surface area contributed by atoms with Crippen LogP contribution in [0.25, 0.3) is 0 Å². The summed E-state index contributed by atoms with van der Waals surface area (Å²) < 4.78 is 5.30. The number of benzene rings is 1. The van der Waals surface area contributed by atoms with Gasteiger partial charge in [0.2, 0.25) is 0 Å². The van der Waals surface area contributed by atoms with Gasteiger partial charge in [0.25, 0.3) is 0 Å². The lowest BCUT2D eigenvalue weighted by Gasteiger charge is -2.20. The number of anilines is 1. The van der Waals surface area contributed by atoms with Crippen molar-refractivity contribution in [2.75, 3.05) is 31.6 Å². The van der Waals surface area contributed by atoms with Crippen molar-refractivity contribution in [1.82, 2.24) is 4.90 Å². The van der Waals surface area contributed by atoms with E-state index in [2.05, 4.69) is 5.32 Å². The molecule has 2 rings (SSSR count). The number of ether oxygens (including phenoxy) is 1. The SMILES string of the molecule is Cc1cc(C(=O)O)ccc1NC(=O)N1CCCOCC1. The molecule has 0 aromatic heterocycles. The van der Waals surface area contributed by atoms with Gasteiger partial charge >= 0.3 is 12.0 Å². The predicted octanol–water partition coefficient (Wildman–Crippen LogP) is 1.95. The number of nitrogens with one attached hydrogen (secondary N) is 1. The number of carbonyl (C=O) groups excluding carboxylic acids is 1. The van der Waals surface area contributed by atoms with E-state index in [1.807, 2.05) is 0 Å². The van der Waals surface area contributed by atoms with Crippen LogP contribution >= 0.6 is 0 Å². The normalized spacial score (nSPS) is 15.6. The Hall–Kier alpha value is -2.08. The molecular formula is C14H18N2O4. The van der Waals surface area contributed by atoms with Crippen molar-refractivity contribution in [3.63, 3.8) is 0 Å². The van der Waals surface area contributed by atoms with Crippen LogP contribution in [-0.4, -0.2) is 48.3 Å². The van der Waals surface area contributed by atoms with Crippen molar-refractivity contribution in [2.24, 2.45) is 0 Å². The molecule has 0 unspecified atom stereocenters. The van der Waals surface area contributed by atoms with Gasteiger partial charge in [0, 0.05) is 25.4 Å². The molecule has 1 aromatic rings. The summed E-state index contributed by atoms with van der Waals surface area (Å²) in [4.78, 5) is 24.7. The lowest BCUT2D eigenvalue weighted by atomic mass is 10.1. The average Bonchev–Trinajstić information content (AvgIpc) is 2.69. The summed E-state index contributed by atoms with van der Waals surface area (Å²) in [5.41, 5.74) is 1.57. The van der Waals surface area contributed by atoms with E-state index in [-0.39, 0.29) is 11.6 Å². The largest absolute Gasteiger partial charge is 0.478 e. The van der Waals surface area contributed by atoms with Crippen molar-refractivity contribution >= 4 is 17.7 Å². The summed E-state index contributed by atoms with van der Waals surface area (Å²) in [6, 6.07) is 4.46. The Morgan fingerprint density at radius 3 is 2.80 bits per heavy atom. The molecule has 0 atom stereocenters. The third-order valence-electron chi connectivity index (χ3n) is 3.22. The number of carboxylic acid groups (broad SMARTS) is 1. The molecule has 2 amide bonds. The number of hydrogen-bond donors (Lipinski definition) is 2. The number of carbonyl (C=O) groups is 2. The molecule has 0 radical (unpaired) electrons. The van der Waals surface area contributed by atoms with Gasteiger partial charge in [-0.2, -0.15) is 0 Å².